The Hall–Kier alpha value is -2.69. The van der Waals surface area contributed by atoms with Crippen molar-refractivity contribution in [3.05, 3.63) is 53.6 Å². The van der Waals surface area contributed by atoms with E-state index in [1.165, 1.54) is 10.4 Å². The van der Waals surface area contributed by atoms with Crippen molar-refractivity contribution < 1.29 is 18.3 Å². The second-order valence-corrected chi connectivity index (χ2v) is 11.7. The summed E-state index contributed by atoms with van der Waals surface area (Å²) in [7, 11) is -3.60. The van der Waals surface area contributed by atoms with Crippen molar-refractivity contribution in [2.45, 2.75) is 65.6 Å². The van der Waals surface area contributed by atoms with Gasteiger partial charge in [0.05, 0.1) is 18.9 Å². The van der Waals surface area contributed by atoms with Gasteiger partial charge in [-0.2, -0.15) is 0 Å². The van der Waals surface area contributed by atoms with Crippen LogP contribution in [0.2, 0.25) is 0 Å². The Bertz CT molecular complexity index is 1090. The molecule has 1 heterocycles. The van der Waals surface area contributed by atoms with Gasteiger partial charge in [0, 0.05) is 37.3 Å². The van der Waals surface area contributed by atoms with Gasteiger partial charge in [0.2, 0.25) is 10.0 Å². The maximum atomic E-state index is 13.2. The van der Waals surface area contributed by atoms with Crippen LogP contribution in [0.5, 0.6) is 0 Å². The largest absolute Gasteiger partial charge is 0.394 e. The number of carbonyl (C=O) groups is 1. The number of sulfonamides is 1. The number of pyridine rings is 1. The highest BCUT2D eigenvalue weighted by atomic mass is 32.2. The molecule has 0 bridgehead atoms. The van der Waals surface area contributed by atoms with Crippen LogP contribution in [0.3, 0.4) is 0 Å². The van der Waals surface area contributed by atoms with Gasteiger partial charge in [-0.25, -0.2) is 13.4 Å². The zero-order chi connectivity index (χ0) is 27.6. The minimum Gasteiger partial charge on any atom is -0.394 e. The highest BCUT2D eigenvalue weighted by Crippen LogP contribution is 2.21. The first-order valence-electron chi connectivity index (χ1n) is 12.9. The molecule has 0 aliphatic heterocycles. The number of anilines is 2. The number of hydrogen-bond donors (Lipinski definition) is 3. The quantitative estimate of drug-likeness (QED) is 0.322. The maximum Gasteiger partial charge on any atom is 0.251 e. The molecule has 2 rings (SSSR count). The lowest BCUT2D eigenvalue weighted by atomic mass is 10.1. The molecule has 9 nitrogen and oxygen atoms in total. The van der Waals surface area contributed by atoms with E-state index in [1.54, 1.807) is 6.07 Å². The van der Waals surface area contributed by atoms with Crippen LogP contribution in [0.25, 0.3) is 0 Å². The Morgan fingerprint density at radius 1 is 1.05 bits per heavy atom. The zero-order valence-corrected chi connectivity index (χ0v) is 23.8. The number of amides is 1. The van der Waals surface area contributed by atoms with Gasteiger partial charge in [-0.3, -0.25) is 14.0 Å². The first-order valence-corrected chi connectivity index (χ1v) is 14.8. The van der Waals surface area contributed by atoms with E-state index in [4.69, 9.17) is 0 Å². The van der Waals surface area contributed by atoms with Crippen LogP contribution < -0.4 is 14.9 Å². The van der Waals surface area contributed by atoms with E-state index >= 15 is 0 Å². The number of aromatic nitrogens is 1. The number of benzene rings is 1. The molecule has 0 saturated carbocycles. The lowest BCUT2D eigenvalue weighted by Crippen LogP contribution is -2.40. The lowest BCUT2D eigenvalue weighted by molar-refractivity contribution is 0.0916. The van der Waals surface area contributed by atoms with Crippen LogP contribution in [0.15, 0.2) is 42.5 Å². The number of carbonyl (C=O) groups excluding carboxylic acids is 1. The number of aliphatic hydroxyl groups is 1. The topological polar surface area (TPSA) is 115 Å². The molecule has 0 saturated heterocycles. The van der Waals surface area contributed by atoms with E-state index in [0.717, 1.165) is 18.4 Å². The van der Waals surface area contributed by atoms with Gasteiger partial charge in [-0.05, 0) is 58.2 Å². The Morgan fingerprint density at radius 2 is 1.70 bits per heavy atom. The molecule has 1 aromatic carbocycles. The minimum atomic E-state index is -3.60. The zero-order valence-electron chi connectivity index (χ0n) is 22.9. The number of aliphatic hydroxyl groups excluding tert-OH is 1. The summed E-state index contributed by atoms with van der Waals surface area (Å²) < 4.78 is 26.3. The normalized spacial score (nSPS) is 12.7. The van der Waals surface area contributed by atoms with Crippen molar-refractivity contribution in [2.24, 2.45) is 0 Å². The summed E-state index contributed by atoms with van der Waals surface area (Å²) in [5.74, 6) is 0.203. The number of hydrogen-bond acceptors (Lipinski definition) is 7. The molecule has 206 valence electrons. The van der Waals surface area contributed by atoms with Crippen molar-refractivity contribution >= 4 is 27.6 Å². The van der Waals surface area contributed by atoms with E-state index in [0.29, 0.717) is 37.3 Å². The van der Waals surface area contributed by atoms with Crippen LogP contribution in [0.1, 0.15) is 57.0 Å². The van der Waals surface area contributed by atoms with Crippen molar-refractivity contribution in [3.63, 3.8) is 0 Å². The molecule has 37 heavy (non-hydrogen) atoms. The molecule has 0 aliphatic carbocycles. The fourth-order valence-corrected chi connectivity index (χ4v) is 5.22. The Morgan fingerprint density at radius 3 is 2.24 bits per heavy atom. The Kier molecular flexibility index (Phi) is 11.8. The van der Waals surface area contributed by atoms with Crippen molar-refractivity contribution in [3.8, 4) is 0 Å². The summed E-state index contributed by atoms with van der Waals surface area (Å²) in [6, 6.07) is 13.0. The van der Waals surface area contributed by atoms with E-state index in [1.807, 2.05) is 37.3 Å². The van der Waals surface area contributed by atoms with Gasteiger partial charge >= 0.3 is 0 Å². The number of rotatable bonds is 15. The summed E-state index contributed by atoms with van der Waals surface area (Å²) in [6.07, 6.45) is 2.20. The summed E-state index contributed by atoms with van der Waals surface area (Å²) >= 11 is 0. The summed E-state index contributed by atoms with van der Waals surface area (Å²) in [5, 5.41) is 16.0. The van der Waals surface area contributed by atoms with E-state index in [9.17, 15) is 18.3 Å². The molecule has 0 aliphatic rings. The van der Waals surface area contributed by atoms with E-state index < -0.39 is 22.0 Å². The Labute approximate surface area is 222 Å². The molecule has 0 spiro atoms. The molecule has 3 N–H and O–H groups in total. The number of nitrogens with zero attached hydrogens (tertiary/aromatic N) is 3. The predicted octanol–water partition coefficient (Wildman–Crippen LogP) is 3.12. The fourth-order valence-electron chi connectivity index (χ4n) is 4.27. The summed E-state index contributed by atoms with van der Waals surface area (Å²) in [6.45, 7) is 11.8. The third-order valence-electron chi connectivity index (χ3n) is 6.04. The molecule has 1 aromatic heterocycles. The van der Waals surface area contributed by atoms with Gasteiger partial charge in [0.25, 0.3) is 5.91 Å². The molecule has 1 amide bonds. The Balaban J connectivity index is 2.33. The van der Waals surface area contributed by atoms with Crippen LogP contribution in [-0.4, -0.2) is 79.9 Å². The lowest BCUT2D eigenvalue weighted by Gasteiger charge is -2.30. The fraction of sp³-hybridized carbons (Fsp3) is 0.556. The molecule has 0 radical (unpaired) electrons. The number of nitrogens with one attached hydrogen (secondary N) is 2. The van der Waals surface area contributed by atoms with Crippen molar-refractivity contribution in [1.29, 1.82) is 0 Å². The van der Waals surface area contributed by atoms with Crippen LogP contribution in [-0.2, 0) is 16.4 Å². The molecular weight excluding hydrogens is 490 g/mol. The van der Waals surface area contributed by atoms with E-state index in [2.05, 4.69) is 48.2 Å². The molecule has 0 unspecified atom stereocenters. The van der Waals surface area contributed by atoms with Crippen LogP contribution in [0.4, 0.5) is 11.6 Å². The SMILES string of the molecule is CCCN(c1cc(C(=O)N[C@H](CO)Cc2ccccc2)cc(NCCN(C(C)C)C(C)C)n1)S(C)(=O)=O. The van der Waals surface area contributed by atoms with E-state index in [-0.39, 0.29) is 24.5 Å². The second-order valence-electron chi connectivity index (χ2n) is 9.83. The van der Waals surface area contributed by atoms with Gasteiger partial charge in [0.15, 0.2) is 0 Å². The van der Waals surface area contributed by atoms with Gasteiger partial charge in [0.1, 0.15) is 11.6 Å². The second kappa shape index (κ2) is 14.3. The smallest absolute Gasteiger partial charge is 0.251 e. The average molecular weight is 534 g/mol. The monoisotopic (exact) mass is 533 g/mol. The molecule has 1 atom stereocenters. The highest BCUT2D eigenvalue weighted by Gasteiger charge is 2.22. The van der Waals surface area contributed by atoms with Crippen molar-refractivity contribution in [2.75, 3.05) is 42.1 Å². The minimum absolute atomic E-state index is 0.188. The molecule has 2 aromatic rings. The highest BCUT2D eigenvalue weighted by molar-refractivity contribution is 7.92. The van der Waals surface area contributed by atoms with Crippen LogP contribution in [0, 0.1) is 0 Å². The summed E-state index contributed by atoms with van der Waals surface area (Å²) in [4.78, 5) is 20.1. The van der Waals surface area contributed by atoms with Crippen LogP contribution >= 0.6 is 0 Å². The average Bonchev–Trinajstić information content (AvgIpc) is 2.83. The molecule has 0 fully saturated rings. The first-order chi connectivity index (χ1) is 17.5. The van der Waals surface area contributed by atoms with Gasteiger partial charge in [-0.1, -0.05) is 37.3 Å². The van der Waals surface area contributed by atoms with Gasteiger partial charge < -0.3 is 15.7 Å². The van der Waals surface area contributed by atoms with Gasteiger partial charge in [-0.15, -0.1) is 0 Å². The maximum absolute atomic E-state index is 13.2. The van der Waals surface area contributed by atoms with Crippen molar-refractivity contribution in [1.82, 2.24) is 15.2 Å². The standard InChI is InChI=1S/C27H43N5O4S/c1-7-14-32(37(6,35)36)26-18-23(17-25(30-26)28-13-15-31(20(2)3)21(4)5)27(34)29-24(19-33)16-22-11-9-8-10-12-22/h8-12,17-18,20-21,24,33H,7,13-16,19H2,1-6H3,(H,28,30)(H,29,34)/t24-/m0/s1. The first kappa shape index (κ1) is 30.5. The third kappa shape index (κ3) is 9.60. The predicted molar refractivity (Wildman–Crippen MR) is 151 cm³/mol. The third-order valence-corrected chi connectivity index (χ3v) is 7.21. The molecule has 10 heteroatoms. The molecular formula is C27H43N5O4S. The summed E-state index contributed by atoms with van der Waals surface area (Å²) in [5.41, 5.74) is 1.26.